The van der Waals surface area contributed by atoms with E-state index in [9.17, 15) is 24.3 Å². The van der Waals surface area contributed by atoms with Crippen molar-refractivity contribution in [1.82, 2.24) is 0 Å². The number of anilines is 3. The first-order valence-corrected chi connectivity index (χ1v) is 14.6. The van der Waals surface area contributed by atoms with Gasteiger partial charge in [-0.3, -0.25) is 24.1 Å². The number of phenols is 1. The maximum Gasteiger partial charge on any atom is 0.238 e. The van der Waals surface area contributed by atoms with Gasteiger partial charge in [0.1, 0.15) is 5.75 Å². The van der Waals surface area contributed by atoms with E-state index < -0.39 is 23.7 Å². The Bertz CT molecular complexity index is 1820. The summed E-state index contributed by atoms with van der Waals surface area (Å²) in [6.45, 7) is 1.60. The van der Waals surface area contributed by atoms with Crippen molar-refractivity contribution < 1.29 is 24.3 Å². The van der Waals surface area contributed by atoms with Gasteiger partial charge in [-0.15, -0.1) is 0 Å². The molecule has 4 atom stereocenters. The highest BCUT2D eigenvalue weighted by atomic mass is 35.5. The van der Waals surface area contributed by atoms with Crippen LogP contribution >= 0.6 is 11.6 Å². The van der Waals surface area contributed by atoms with E-state index in [2.05, 4.69) is 5.32 Å². The van der Waals surface area contributed by atoms with Crippen molar-refractivity contribution in [1.29, 1.82) is 0 Å². The second kappa shape index (κ2) is 10.2. The molecule has 7 rings (SSSR count). The minimum atomic E-state index is -0.755. The third kappa shape index (κ3) is 4.34. The molecule has 0 spiro atoms. The average molecular weight is 591 g/mol. The molecule has 1 saturated heterocycles. The molecule has 2 N–H and O–H groups in total. The summed E-state index contributed by atoms with van der Waals surface area (Å²) < 4.78 is 0. The van der Waals surface area contributed by atoms with Gasteiger partial charge in [0.2, 0.25) is 11.8 Å². The van der Waals surface area contributed by atoms with E-state index in [1.54, 1.807) is 31.2 Å². The van der Waals surface area contributed by atoms with E-state index in [1.807, 2.05) is 48.5 Å². The van der Waals surface area contributed by atoms with Gasteiger partial charge < -0.3 is 10.4 Å². The highest BCUT2D eigenvalue weighted by Crippen LogP contribution is 2.56. The fraction of sp³-hybridized carbons (Fsp3) is 0.200. The molecule has 1 heterocycles. The van der Waals surface area contributed by atoms with Gasteiger partial charge in [-0.2, -0.15) is 0 Å². The number of hydrogen-bond acceptors (Lipinski definition) is 6. The molecule has 0 bridgehead atoms. The number of allylic oxidation sites excluding steroid dienone is 6. The Balaban J connectivity index is 1.26. The number of halogens is 1. The van der Waals surface area contributed by atoms with Crippen LogP contribution in [0.1, 0.15) is 31.2 Å². The van der Waals surface area contributed by atoms with Gasteiger partial charge in [-0.1, -0.05) is 41.4 Å². The summed E-state index contributed by atoms with van der Waals surface area (Å²) >= 11 is 6.33. The number of nitrogens with one attached hydrogen (secondary N) is 1. The summed E-state index contributed by atoms with van der Waals surface area (Å²) in [5.74, 6) is -3.76. The number of para-hydroxylation sites is 1. The molecule has 3 aliphatic carbocycles. The van der Waals surface area contributed by atoms with Crippen molar-refractivity contribution in [3.63, 3.8) is 0 Å². The van der Waals surface area contributed by atoms with Gasteiger partial charge in [-0.25, -0.2) is 0 Å². The van der Waals surface area contributed by atoms with Crippen LogP contribution in [0.5, 0.6) is 5.75 Å². The van der Waals surface area contributed by atoms with Crippen molar-refractivity contribution in [3.05, 3.63) is 118 Å². The highest BCUT2D eigenvalue weighted by Gasteiger charge is 2.56. The first-order chi connectivity index (χ1) is 20.7. The third-order valence-corrected chi connectivity index (χ3v) is 9.29. The first-order valence-electron chi connectivity index (χ1n) is 14.2. The average Bonchev–Trinajstić information content (AvgIpc) is 3.26. The lowest BCUT2D eigenvalue weighted by Gasteiger charge is -2.42. The minimum absolute atomic E-state index is 0.0592. The number of ketones is 2. The number of Topliss-reactive ketones (excluding diaryl/α,β-unsaturated/α-hetero) is 1. The van der Waals surface area contributed by atoms with E-state index in [1.165, 1.54) is 17.0 Å². The predicted molar refractivity (Wildman–Crippen MR) is 163 cm³/mol. The fourth-order valence-corrected chi connectivity index (χ4v) is 7.31. The fourth-order valence-electron chi connectivity index (χ4n) is 7.13. The summed E-state index contributed by atoms with van der Waals surface area (Å²) in [7, 11) is 0. The molecular formula is C35H27ClN2O5. The van der Waals surface area contributed by atoms with E-state index in [4.69, 9.17) is 11.6 Å². The number of rotatable bonds is 4. The van der Waals surface area contributed by atoms with Crippen molar-refractivity contribution in [3.8, 4) is 5.75 Å². The Labute approximate surface area is 253 Å². The Morgan fingerprint density at radius 3 is 2.35 bits per heavy atom. The first kappa shape index (κ1) is 27.1. The van der Waals surface area contributed by atoms with Gasteiger partial charge in [0.05, 0.1) is 17.5 Å². The Kier molecular flexibility index (Phi) is 6.43. The van der Waals surface area contributed by atoms with Crippen LogP contribution in [0.25, 0.3) is 0 Å². The largest absolute Gasteiger partial charge is 0.508 e. The van der Waals surface area contributed by atoms with Crippen LogP contribution in [0.2, 0.25) is 5.02 Å². The number of carbonyl (C=O) groups excluding carboxylic acids is 4. The number of aromatic hydroxyl groups is 1. The molecule has 0 radical (unpaired) electrons. The number of amides is 2. The second-order valence-corrected chi connectivity index (χ2v) is 11.9. The molecule has 43 heavy (non-hydrogen) atoms. The van der Waals surface area contributed by atoms with Gasteiger partial charge in [0.25, 0.3) is 0 Å². The molecule has 1 aliphatic heterocycles. The van der Waals surface area contributed by atoms with Crippen LogP contribution in [-0.2, 0) is 19.2 Å². The molecule has 0 saturated carbocycles. The van der Waals surface area contributed by atoms with E-state index in [0.717, 1.165) is 16.9 Å². The van der Waals surface area contributed by atoms with Gasteiger partial charge >= 0.3 is 0 Å². The molecule has 4 unspecified atom stereocenters. The van der Waals surface area contributed by atoms with Crippen LogP contribution in [0.15, 0.2) is 107 Å². The van der Waals surface area contributed by atoms with Crippen LogP contribution in [0.4, 0.5) is 17.1 Å². The molecule has 7 nitrogen and oxygen atoms in total. The van der Waals surface area contributed by atoms with Crippen LogP contribution in [0.3, 0.4) is 0 Å². The SMILES string of the molecule is CC1=CC(=O)C2=C(CC3C(=CCC4C(=O)N(c5ccc(Nc6ccccc6)cc5)C(=O)C43)C2c2cc(Cl)ccc2O)C1=O. The summed E-state index contributed by atoms with van der Waals surface area (Å²) in [4.78, 5) is 56.0. The minimum Gasteiger partial charge on any atom is -0.508 e. The number of imide groups is 1. The molecule has 3 aromatic carbocycles. The number of hydrogen-bond donors (Lipinski definition) is 2. The normalized spacial score (nSPS) is 24.7. The van der Waals surface area contributed by atoms with E-state index in [0.29, 0.717) is 39.4 Å². The number of carbonyl (C=O) groups is 4. The van der Waals surface area contributed by atoms with Gasteiger partial charge in [-0.05, 0) is 86.4 Å². The summed E-state index contributed by atoms with van der Waals surface area (Å²) in [6.07, 6.45) is 3.74. The highest BCUT2D eigenvalue weighted by molar-refractivity contribution is 6.30. The van der Waals surface area contributed by atoms with Crippen molar-refractivity contribution >= 4 is 52.0 Å². The Hall–Kier alpha value is -4.75. The summed E-state index contributed by atoms with van der Waals surface area (Å²) in [6, 6.07) is 21.4. The van der Waals surface area contributed by atoms with Crippen LogP contribution in [0, 0.1) is 17.8 Å². The van der Waals surface area contributed by atoms with Crippen LogP contribution < -0.4 is 10.2 Å². The predicted octanol–water partition coefficient (Wildman–Crippen LogP) is 6.42. The summed E-state index contributed by atoms with van der Waals surface area (Å²) in [5.41, 5.74) is 4.35. The lowest BCUT2D eigenvalue weighted by molar-refractivity contribution is -0.123. The molecular weight excluding hydrogens is 564 g/mol. The lowest BCUT2D eigenvalue weighted by Crippen LogP contribution is -2.39. The number of nitrogens with zero attached hydrogens (tertiary/aromatic N) is 1. The zero-order valence-corrected chi connectivity index (χ0v) is 24.0. The second-order valence-electron chi connectivity index (χ2n) is 11.5. The summed E-state index contributed by atoms with van der Waals surface area (Å²) in [5, 5.41) is 14.6. The molecule has 4 aliphatic rings. The van der Waals surface area contributed by atoms with Gasteiger partial charge in [0, 0.05) is 44.6 Å². The Morgan fingerprint density at radius 2 is 1.60 bits per heavy atom. The molecule has 3 aromatic rings. The van der Waals surface area contributed by atoms with E-state index in [-0.39, 0.29) is 35.6 Å². The van der Waals surface area contributed by atoms with Crippen molar-refractivity contribution in [2.45, 2.75) is 25.7 Å². The topological polar surface area (TPSA) is 104 Å². The zero-order chi connectivity index (χ0) is 30.0. The molecule has 2 amide bonds. The maximum atomic E-state index is 14.1. The molecule has 1 fully saturated rings. The zero-order valence-electron chi connectivity index (χ0n) is 23.2. The molecule has 0 aromatic heterocycles. The molecule has 214 valence electrons. The maximum absolute atomic E-state index is 14.1. The van der Waals surface area contributed by atoms with E-state index >= 15 is 0 Å². The third-order valence-electron chi connectivity index (χ3n) is 9.05. The van der Waals surface area contributed by atoms with Crippen molar-refractivity contribution in [2.75, 3.05) is 10.2 Å². The standard InChI is InChI=1S/C35H27ClN2O5/c1-18-15-29(40)32-27(33(18)41)17-25-23(30(32)26-16-19(36)7-14-28(26)39)12-13-24-31(25)35(43)38(34(24)42)22-10-8-21(9-11-22)37-20-5-3-2-4-6-20/h2-12,14-16,24-25,30-31,37,39H,13,17H2,1H3. The number of fused-ring (bicyclic) bond motifs is 3. The number of benzene rings is 3. The van der Waals surface area contributed by atoms with Crippen molar-refractivity contribution in [2.24, 2.45) is 17.8 Å². The number of phenolic OH excluding ortho intramolecular Hbond substituents is 1. The smallest absolute Gasteiger partial charge is 0.238 e. The molecule has 8 heteroatoms. The van der Waals surface area contributed by atoms with Gasteiger partial charge in [0.15, 0.2) is 11.6 Å². The lowest BCUT2D eigenvalue weighted by atomic mass is 9.59. The van der Waals surface area contributed by atoms with Crippen LogP contribution in [-0.4, -0.2) is 28.5 Å². The monoisotopic (exact) mass is 590 g/mol. The Morgan fingerprint density at radius 1 is 0.884 bits per heavy atom. The quantitative estimate of drug-likeness (QED) is 0.206.